The largest absolute Gasteiger partial charge is 0.497 e. The number of ether oxygens (including phenoxy) is 1. The average Bonchev–Trinajstić information content (AvgIpc) is 2.83. The van der Waals surface area contributed by atoms with E-state index in [-0.39, 0.29) is 5.91 Å². The van der Waals surface area contributed by atoms with E-state index in [2.05, 4.69) is 10.3 Å². The Labute approximate surface area is 122 Å². The second kappa shape index (κ2) is 5.32. The summed E-state index contributed by atoms with van der Waals surface area (Å²) in [4.78, 5) is 15.7. The summed E-state index contributed by atoms with van der Waals surface area (Å²) in [5, 5.41) is 3.81. The number of aromatic amines is 1. The minimum Gasteiger partial charge on any atom is -0.497 e. The van der Waals surface area contributed by atoms with E-state index >= 15 is 0 Å². The standard InChI is InChI=1S/C17H16N2O2/c1-11-16(17(20)19-12-6-4-3-5-7-12)14-9-8-13(21-2)10-15(14)18-11/h3-10,18H,1-2H3,(H,19,20). The van der Waals surface area contributed by atoms with Crippen LogP contribution in [0, 0.1) is 6.92 Å². The van der Waals surface area contributed by atoms with Gasteiger partial charge in [-0.05, 0) is 31.2 Å². The fraction of sp³-hybridized carbons (Fsp3) is 0.118. The predicted molar refractivity (Wildman–Crippen MR) is 84.0 cm³/mol. The van der Waals surface area contributed by atoms with E-state index in [9.17, 15) is 4.79 Å². The number of fused-ring (bicyclic) bond motifs is 1. The maximum Gasteiger partial charge on any atom is 0.258 e. The Balaban J connectivity index is 2.00. The second-order valence-corrected chi connectivity index (χ2v) is 4.86. The topological polar surface area (TPSA) is 54.1 Å². The lowest BCUT2D eigenvalue weighted by Gasteiger charge is -2.05. The molecule has 1 heterocycles. The Bertz CT molecular complexity index is 791. The molecule has 4 nitrogen and oxygen atoms in total. The van der Waals surface area contributed by atoms with Crippen LogP contribution in [0.1, 0.15) is 16.1 Å². The zero-order valence-electron chi connectivity index (χ0n) is 11.9. The third-order valence-electron chi connectivity index (χ3n) is 3.45. The third-order valence-corrected chi connectivity index (χ3v) is 3.45. The van der Waals surface area contributed by atoms with E-state index in [0.29, 0.717) is 5.56 Å². The van der Waals surface area contributed by atoms with Gasteiger partial charge >= 0.3 is 0 Å². The smallest absolute Gasteiger partial charge is 0.258 e. The minimum absolute atomic E-state index is 0.116. The monoisotopic (exact) mass is 280 g/mol. The first-order valence-corrected chi connectivity index (χ1v) is 6.72. The fourth-order valence-electron chi connectivity index (χ4n) is 2.45. The molecular formula is C17H16N2O2. The molecule has 4 heteroatoms. The van der Waals surface area contributed by atoms with Gasteiger partial charge in [0.15, 0.2) is 0 Å². The Morgan fingerprint density at radius 3 is 2.62 bits per heavy atom. The van der Waals surface area contributed by atoms with Crippen molar-refractivity contribution >= 4 is 22.5 Å². The third kappa shape index (κ3) is 2.48. The first-order valence-electron chi connectivity index (χ1n) is 6.72. The number of H-pyrrole nitrogens is 1. The molecule has 0 atom stereocenters. The van der Waals surface area contributed by atoms with Crippen LogP contribution in [-0.2, 0) is 0 Å². The molecule has 2 N–H and O–H groups in total. The van der Waals surface area contributed by atoms with Gasteiger partial charge in [0.25, 0.3) is 5.91 Å². The van der Waals surface area contributed by atoms with E-state index in [4.69, 9.17) is 4.74 Å². The average molecular weight is 280 g/mol. The molecule has 106 valence electrons. The number of nitrogens with one attached hydrogen (secondary N) is 2. The van der Waals surface area contributed by atoms with Gasteiger partial charge in [-0.1, -0.05) is 18.2 Å². The van der Waals surface area contributed by atoms with Crippen molar-refractivity contribution < 1.29 is 9.53 Å². The van der Waals surface area contributed by atoms with E-state index in [1.54, 1.807) is 7.11 Å². The molecule has 0 aliphatic heterocycles. The van der Waals surface area contributed by atoms with Gasteiger partial charge < -0.3 is 15.0 Å². The van der Waals surface area contributed by atoms with Crippen LogP contribution >= 0.6 is 0 Å². The highest BCUT2D eigenvalue weighted by Gasteiger charge is 2.16. The van der Waals surface area contributed by atoms with Crippen molar-refractivity contribution in [2.45, 2.75) is 6.92 Å². The number of rotatable bonds is 3. The van der Waals surface area contributed by atoms with Gasteiger partial charge in [0, 0.05) is 22.8 Å². The summed E-state index contributed by atoms with van der Waals surface area (Å²) in [5.74, 6) is 0.647. The number of anilines is 1. The molecule has 0 saturated carbocycles. The van der Waals surface area contributed by atoms with Crippen molar-refractivity contribution in [3.63, 3.8) is 0 Å². The summed E-state index contributed by atoms with van der Waals surface area (Å²) < 4.78 is 5.21. The normalized spacial score (nSPS) is 10.6. The molecule has 21 heavy (non-hydrogen) atoms. The number of carbonyl (C=O) groups excluding carboxylic acids is 1. The van der Waals surface area contributed by atoms with E-state index in [1.165, 1.54) is 0 Å². The van der Waals surface area contributed by atoms with Crippen LogP contribution in [0.25, 0.3) is 10.9 Å². The second-order valence-electron chi connectivity index (χ2n) is 4.86. The summed E-state index contributed by atoms with van der Waals surface area (Å²) in [6, 6.07) is 15.1. The molecule has 0 bridgehead atoms. The number of hydrogen-bond acceptors (Lipinski definition) is 2. The number of aryl methyl sites for hydroxylation is 1. The van der Waals surface area contributed by atoms with Gasteiger partial charge in [0.1, 0.15) is 5.75 Å². The van der Waals surface area contributed by atoms with Crippen LogP contribution in [0.5, 0.6) is 5.75 Å². The highest BCUT2D eigenvalue weighted by atomic mass is 16.5. The van der Waals surface area contributed by atoms with Crippen molar-refractivity contribution in [3.8, 4) is 5.75 Å². The van der Waals surface area contributed by atoms with Gasteiger partial charge in [-0.25, -0.2) is 0 Å². The number of amides is 1. The van der Waals surface area contributed by atoms with Crippen LogP contribution in [0.15, 0.2) is 48.5 Å². The van der Waals surface area contributed by atoms with Crippen LogP contribution in [0.2, 0.25) is 0 Å². The molecule has 0 unspecified atom stereocenters. The van der Waals surface area contributed by atoms with Crippen LogP contribution in [0.4, 0.5) is 5.69 Å². The van der Waals surface area contributed by atoms with Gasteiger partial charge in [-0.2, -0.15) is 0 Å². The van der Waals surface area contributed by atoms with Gasteiger partial charge in [-0.15, -0.1) is 0 Å². The maximum absolute atomic E-state index is 12.5. The molecule has 0 radical (unpaired) electrons. The van der Waals surface area contributed by atoms with Gasteiger partial charge in [0.2, 0.25) is 0 Å². The van der Waals surface area contributed by atoms with Crippen molar-refractivity contribution in [1.82, 2.24) is 4.98 Å². The summed E-state index contributed by atoms with van der Waals surface area (Å²) >= 11 is 0. The number of carbonyl (C=O) groups is 1. The number of para-hydroxylation sites is 1. The van der Waals surface area contributed by atoms with Gasteiger partial charge in [-0.3, -0.25) is 4.79 Å². The van der Waals surface area contributed by atoms with E-state index in [0.717, 1.165) is 28.0 Å². The van der Waals surface area contributed by atoms with Crippen LogP contribution in [0.3, 0.4) is 0 Å². The molecule has 0 fully saturated rings. The van der Waals surface area contributed by atoms with Gasteiger partial charge in [0.05, 0.1) is 18.2 Å². The molecule has 0 aliphatic rings. The Morgan fingerprint density at radius 1 is 1.14 bits per heavy atom. The lowest BCUT2D eigenvalue weighted by Crippen LogP contribution is -2.12. The highest BCUT2D eigenvalue weighted by Crippen LogP contribution is 2.26. The van der Waals surface area contributed by atoms with Crippen LogP contribution < -0.4 is 10.1 Å². The summed E-state index contributed by atoms with van der Waals surface area (Å²) in [6.45, 7) is 1.90. The molecule has 3 aromatic rings. The van der Waals surface area contributed by atoms with Crippen molar-refractivity contribution in [2.24, 2.45) is 0 Å². The van der Waals surface area contributed by atoms with Crippen molar-refractivity contribution in [2.75, 3.05) is 12.4 Å². The zero-order valence-corrected chi connectivity index (χ0v) is 11.9. The number of aromatic nitrogens is 1. The van der Waals surface area contributed by atoms with Crippen molar-refractivity contribution in [3.05, 3.63) is 59.8 Å². The zero-order chi connectivity index (χ0) is 14.8. The minimum atomic E-state index is -0.116. The van der Waals surface area contributed by atoms with E-state index in [1.807, 2.05) is 55.5 Å². The molecule has 1 amide bonds. The molecule has 0 saturated heterocycles. The quantitative estimate of drug-likeness (QED) is 0.768. The molecular weight excluding hydrogens is 264 g/mol. The molecule has 0 aliphatic carbocycles. The van der Waals surface area contributed by atoms with E-state index < -0.39 is 0 Å². The summed E-state index contributed by atoms with van der Waals surface area (Å²) in [6.07, 6.45) is 0. The molecule has 2 aromatic carbocycles. The molecule has 0 spiro atoms. The lowest BCUT2D eigenvalue weighted by molar-refractivity contribution is 0.102. The fourth-order valence-corrected chi connectivity index (χ4v) is 2.45. The first kappa shape index (κ1) is 13.2. The van der Waals surface area contributed by atoms with Crippen molar-refractivity contribution in [1.29, 1.82) is 0 Å². The predicted octanol–water partition coefficient (Wildman–Crippen LogP) is 3.74. The Kier molecular flexibility index (Phi) is 3.36. The summed E-state index contributed by atoms with van der Waals surface area (Å²) in [7, 11) is 1.62. The maximum atomic E-state index is 12.5. The molecule has 1 aromatic heterocycles. The summed E-state index contributed by atoms with van der Waals surface area (Å²) in [5.41, 5.74) is 3.18. The Hall–Kier alpha value is -2.75. The highest BCUT2D eigenvalue weighted by molar-refractivity contribution is 6.14. The number of hydrogen-bond donors (Lipinski definition) is 2. The number of benzene rings is 2. The van der Waals surface area contributed by atoms with Crippen LogP contribution in [-0.4, -0.2) is 18.0 Å². The lowest BCUT2D eigenvalue weighted by atomic mass is 10.1. The Morgan fingerprint density at radius 2 is 1.90 bits per heavy atom. The SMILES string of the molecule is COc1ccc2c(C(=O)Nc3ccccc3)c(C)[nH]c2c1. The number of methoxy groups -OCH3 is 1. The molecule has 3 rings (SSSR count). The first-order chi connectivity index (χ1) is 10.2.